The summed E-state index contributed by atoms with van der Waals surface area (Å²) < 4.78 is 0. The molecule has 0 spiro atoms. The molecule has 3 N–H and O–H groups in total. The maximum absolute atomic E-state index is 5.65. The van der Waals surface area contributed by atoms with E-state index in [1.165, 1.54) is 12.0 Å². The normalized spacial score (nSPS) is 22.7. The van der Waals surface area contributed by atoms with E-state index in [1.54, 1.807) is 0 Å². The molecule has 1 aromatic carbocycles. The third-order valence-electron chi connectivity index (χ3n) is 2.14. The Balaban J connectivity index is 2.23. The second-order valence-electron chi connectivity index (χ2n) is 2.97. The van der Waals surface area contributed by atoms with Gasteiger partial charge in [-0.05, 0) is 30.7 Å². The minimum atomic E-state index is 0.554. The highest BCUT2D eigenvalue weighted by Gasteiger charge is 2.17. The van der Waals surface area contributed by atoms with Crippen LogP contribution < -0.4 is 11.1 Å². The van der Waals surface area contributed by atoms with Gasteiger partial charge in [0, 0.05) is 11.7 Å². The van der Waals surface area contributed by atoms with Gasteiger partial charge in [0.1, 0.15) is 0 Å². The van der Waals surface area contributed by atoms with Crippen molar-refractivity contribution in [2.45, 2.75) is 12.5 Å². The van der Waals surface area contributed by atoms with Gasteiger partial charge in [-0.1, -0.05) is 12.1 Å². The lowest BCUT2D eigenvalue weighted by Crippen LogP contribution is -2.34. The molecule has 0 amide bonds. The van der Waals surface area contributed by atoms with Gasteiger partial charge in [0.25, 0.3) is 0 Å². The van der Waals surface area contributed by atoms with E-state index in [2.05, 4.69) is 11.4 Å². The third kappa shape index (κ3) is 1.21. The molecule has 1 aliphatic heterocycles. The quantitative estimate of drug-likeness (QED) is 0.589. The zero-order valence-electron chi connectivity index (χ0n) is 6.38. The van der Waals surface area contributed by atoms with Gasteiger partial charge in [0.2, 0.25) is 0 Å². The molecule has 0 unspecified atom stereocenters. The Bertz CT molecular complexity index is 253. The molecule has 0 saturated carbocycles. The van der Waals surface area contributed by atoms with Crippen molar-refractivity contribution in [1.29, 1.82) is 0 Å². The van der Waals surface area contributed by atoms with Crippen LogP contribution in [0.5, 0.6) is 0 Å². The van der Waals surface area contributed by atoms with Crippen LogP contribution in [0.15, 0.2) is 24.3 Å². The molecule has 2 heteroatoms. The molecular weight excluding hydrogens is 136 g/mol. The number of benzene rings is 1. The molecule has 11 heavy (non-hydrogen) atoms. The molecule has 2 nitrogen and oxygen atoms in total. The summed E-state index contributed by atoms with van der Waals surface area (Å²) in [6.07, 6.45) is 1.24. The first-order valence-electron chi connectivity index (χ1n) is 3.95. The molecule has 0 radical (unpaired) electrons. The summed E-state index contributed by atoms with van der Waals surface area (Å²) >= 11 is 0. The van der Waals surface area contributed by atoms with Gasteiger partial charge in [0.05, 0.1) is 0 Å². The Morgan fingerprint density at radius 1 is 1.45 bits per heavy atom. The fourth-order valence-corrected chi connectivity index (χ4v) is 1.35. The van der Waals surface area contributed by atoms with Crippen LogP contribution in [0.25, 0.3) is 0 Å². The van der Waals surface area contributed by atoms with Gasteiger partial charge in [-0.2, -0.15) is 0 Å². The second-order valence-corrected chi connectivity index (χ2v) is 2.97. The van der Waals surface area contributed by atoms with Crippen molar-refractivity contribution in [3.05, 3.63) is 29.8 Å². The van der Waals surface area contributed by atoms with Crippen molar-refractivity contribution in [3.63, 3.8) is 0 Å². The lowest BCUT2D eigenvalue weighted by atomic mass is 9.98. The van der Waals surface area contributed by atoms with Crippen LogP contribution in [0.2, 0.25) is 0 Å². The van der Waals surface area contributed by atoms with Crippen molar-refractivity contribution < 1.29 is 0 Å². The zero-order valence-corrected chi connectivity index (χ0v) is 6.38. The highest BCUT2D eigenvalue weighted by molar-refractivity contribution is 5.42. The molecule has 1 aromatic rings. The predicted octanol–water partition coefficient (Wildman–Crippen LogP) is 1.30. The minimum absolute atomic E-state index is 0.554. The summed E-state index contributed by atoms with van der Waals surface area (Å²) in [5, 5.41) is 3.33. The van der Waals surface area contributed by atoms with Gasteiger partial charge in [-0.3, -0.25) is 0 Å². The minimum Gasteiger partial charge on any atom is -0.399 e. The lowest BCUT2D eigenvalue weighted by Gasteiger charge is -2.28. The first-order chi connectivity index (χ1) is 5.36. The van der Waals surface area contributed by atoms with Crippen LogP contribution in [0.4, 0.5) is 5.69 Å². The predicted molar refractivity (Wildman–Crippen MR) is 46.2 cm³/mol. The molecule has 58 valence electrons. The summed E-state index contributed by atoms with van der Waals surface area (Å²) in [4.78, 5) is 0. The highest BCUT2D eigenvalue weighted by atomic mass is 15.0. The Morgan fingerprint density at radius 3 is 2.82 bits per heavy atom. The van der Waals surface area contributed by atoms with Crippen LogP contribution in [-0.4, -0.2) is 6.54 Å². The van der Waals surface area contributed by atoms with E-state index in [4.69, 9.17) is 5.73 Å². The fraction of sp³-hybridized carbons (Fsp3) is 0.333. The van der Waals surface area contributed by atoms with Crippen molar-refractivity contribution in [1.82, 2.24) is 5.32 Å². The molecular formula is C9H12N2. The Hall–Kier alpha value is -1.02. The van der Waals surface area contributed by atoms with Crippen molar-refractivity contribution in [2.75, 3.05) is 12.3 Å². The Morgan fingerprint density at radius 2 is 2.27 bits per heavy atom. The number of hydrogen-bond donors (Lipinski definition) is 2. The van der Waals surface area contributed by atoms with E-state index in [1.807, 2.05) is 18.2 Å². The maximum atomic E-state index is 5.65. The molecule has 1 heterocycles. The Kier molecular flexibility index (Phi) is 1.55. The molecule has 1 aliphatic rings. The standard InChI is InChI=1S/C9H12N2/c10-8-3-1-2-7(6-8)9-4-5-11-9/h1-3,6,9,11H,4-5,10H2/t9-/m1/s1. The monoisotopic (exact) mass is 148 g/mol. The first-order valence-corrected chi connectivity index (χ1v) is 3.95. The molecule has 0 aromatic heterocycles. The summed E-state index contributed by atoms with van der Waals surface area (Å²) in [7, 11) is 0. The summed E-state index contributed by atoms with van der Waals surface area (Å²) in [5.41, 5.74) is 7.82. The van der Waals surface area contributed by atoms with Crippen molar-refractivity contribution in [2.24, 2.45) is 0 Å². The van der Waals surface area contributed by atoms with E-state index >= 15 is 0 Å². The van der Waals surface area contributed by atoms with E-state index in [0.717, 1.165) is 12.2 Å². The number of nitrogens with two attached hydrogens (primary N) is 1. The van der Waals surface area contributed by atoms with Gasteiger partial charge in [-0.25, -0.2) is 0 Å². The van der Waals surface area contributed by atoms with Gasteiger partial charge in [0.15, 0.2) is 0 Å². The molecule has 0 aliphatic carbocycles. The topological polar surface area (TPSA) is 38.0 Å². The maximum Gasteiger partial charge on any atom is 0.0333 e. The summed E-state index contributed by atoms with van der Waals surface area (Å²) in [5.74, 6) is 0. The molecule has 1 fully saturated rings. The molecule has 2 rings (SSSR count). The molecule has 1 saturated heterocycles. The van der Waals surface area contributed by atoms with E-state index in [0.29, 0.717) is 6.04 Å². The molecule has 1 atom stereocenters. The summed E-state index contributed by atoms with van der Waals surface area (Å²) in [6.45, 7) is 1.14. The van der Waals surface area contributed by atoms with E-state index in [9.17, 15) is 0 Å². The smallest absolute Gasteiger partial charge is 0.0333 e. The van der Waals surface area contributed by atoms with E-state index < -0.39 is 0 Å². The SMILES string of the molecule is Nc1cccc([C@H]2CCN2)c1. The average Bonchev–Trinajstić information content (AvgIpc) is 1.83. The van der Waals surface area contributed by atoms with E-state index in [-0.39, 0.29) is 0 Å². The number of nitrogen functional groups attached to an aromatic ring is 1. The lowest BCUT2D eigenvalue weighted by molar-refractivity contribution is 0.383. The van der Waals surface area contributed by atoms with Crippen LogP contribution in [0.3, 0.4) is 0 Å². The zero-order chi connectivity index (χ0) is 7.68. The number of nitrogens with one attached hydrogen (secondary N) is 1. The largest absolute Gasteiger partial charge is 0.399 e. The average molecular weight is 148 g/mol. The van der Waals surface area contributed by atoms with Gasteiger partial charge in [-0.15, -0.1) is 0 Å². The third-order valence-corrected chi connectivity index (χ3v) is 2.14. The van der Waals surface area contributed by atoms with Crippen LogP contribution in [0, 0.1) is 0 Å². The molecule has 0 bridgehead atoms. The Labute approximate surface area is 66.4 Å². The van der Waals surface area contributed by atoms with Crippen LogP contribution in [-0.2, 0) is 0 Å². The fourth-order valence-electron chi connectivity index (χ4n) is 1.35. The van der Waals surface area contributed by atoms with Gasteiger partial charge >= 0.3 is 0 Å². The first kappa shape index (κ1) is 6.68. The highest BCUT2D eigenvalue weighted by Crippen LogP contribution is 2.23. The number of anilines is 1. The second kappa shape index (κ2) is 2.55. The summed E-state index contributed by atoms with van der Waals surface area (Å²) in [6, 6.07) is 8.63. The van der Waals surface area contributed by atoms with Gasteiger partial charge < -0.3 is 11.1 Å². The van der Waals surface area contributed by atoms with Crippen LogP contribution in [0.1, 0.15) is 18.0 Å². The van der Waals surface area contributed by atoms with Crippen LogP contribution >= 0.6 is 0 Å². The van der Waals surface area contributed by atoms with Crippen molar-refractivity contribution in [3.8, 4) is 0 Å². The van der Waals surface area contributed by atoms with Crippen molar-refractivity contribution >= 4 is 5.69 Å². The number of hydrogen-bond acceptors (Lipinski definition) is 2. The number of rotatable bonds is 1.